The van der Waals surface area contributed by atoms with Gasteiger partial charge in [-0.15, -0.1) is 9.97 Å². The molecule has 0 aliphatic rings. The zero-order valence-corrected chi connectivity index (χ0v) is 19.6. The summed E-state index contributed by atoms with van der Waals surface area (Å²) in [5, 5.41) is 6.18. The van der Waals surface area contributed by atoms with Gasteiger partial charge in [0.25, 0.3) is 0 Å². The lowest BCUT2D eigenvalue weighted by Crippen LogP contribution is -2.08. The molecule has 2 heterocycles. The Morgan fingerprint density at radius 1 is 0.500 bits per heavy atom. The van der Waals surface area contributed by atoms with Crippen molar-refractivity contribution >= 4 is 23.3 Å². The van der Waals surface area contributed by atoms with E-state index in [-0.39, 0.29) is 62.4 Å². The van der Waals surface area contributed by atoms with Crippen LogP contribution in [0.3, 0.4) is 0 Å². The number of hydrogen-bond donors (Lipinski definition) is 2. The molecular formula is C24H26N8O4. The molecule has 0 saturated carbocycles. The van der Waals surface area contributed by atoms with Gasteiger partial charge >= 0.3 is 24.0 Å². The SMILES string of the molecule is C=CCOc1nc(Nc2ccc(Nc3nc(OCC=C)nc(OCC=C)n3)cc2)nc(OCC=C)n1. The van der Waals surface area contributed by atoms with Gasteiger partial charge in [-0.2, -0.15) is 19.9 Å². The van der Waals surface area contributed by atoms with Gasteiger partial charge in [-0.25, -0.2) is 0 Å². The van der Waals surface area contributed by atoms with Gasteiger partial charge in [0.15, 0.2) is 0 Å². The van der Waals surface area contributed by atoms with E-state index in [9.17, 15) is 0 Å². The highest BCUT2D eigenvalue weighted by Crippen LogP contribution is 2.22. The van der Waals surface area contributed by atoms with E-state index in [1.54, 1.807) is 24.3 Å². The van der Waals surface area contributed by atoms with Crippen molar-refractivity contribution in [3.05, 3.63) is 74.9 Å². The number of nitrogens with zero attached hydrogens (tertiary/aromatic N) is 6. The maximum absolute atomic E-state index is 5.42. The maximum Gasteiger partial charge on any atom is 0.324 e. The van der Waals surface area contributed by atoms with E-state index >= 15 is 0 Å². The molecule has 12 heteroatoms. The van der Waals surface area contributed by atoms with E-state index in [1.807, 2.05) is 24.3 Å². The van der Waals surface area contributed by atoms with Crippen molar-refractivity contribution in [3.63, 3.8) is 0 Å². The predicted octanol–water partition coefficient (Wildman–Crippen LogP) is 3.80. The first-order valence-electron chi connectivity index (χ1n) is 10.7. The van der Waals surface area contributed by atoms with Crippen molar-refractivity contribution in [3.8, 4) is 24.0 Å². The molecule has 0 fully saturated rings. The van der Waals surface area contributed by atoms with Crippen LogP contribution in [0.5, 0.6) is 24.0 Å². The molecular weight excluding hydrogens is 464 g/mol. The molecule has 0 radical (unpaired) electrons. The standard InChI is InChI=1S/C24H26N8O4/c1-5-13-33-21-27-19(28-22(31-21)34-14-6-2)25-17-9-11-18(12-10-17)26-20-29-23(35-15-7-3)32-24(30-20)36-16-8-4/h5-12H,1-4,13-16H2,(H,25,27,28,31)(H,26,29,30,32). The van der Waals surface area contributed by atoms with Crippen LogP contribution in [0, 0.1) is 0 Å². The normalized spacial score (nSPS) is 10.0. The first-order valence-corrected chi connectivity index (χ1v) is 10.7. The van der Waals surface area contributed by atoms with Crippen LogP contribution < -0.4 is 29.6 Å². The summed E-state index contributed by atoms with van der Waals surface area (Å²) in [6.07, 6.45) is 6.34. The van der Waals surface area contributed by atoms with Gasteiger partial charge in [0.2, 0.25) is 11.9 Å². The Balaban J connectivity index is 1.73. The quantitative estimate of drug-likeness (QED) is 0.282. The zero-order chi connectivity index (χ0) is 25.6. The van der Waals surface area contributed by atoms with Crippen LogP contribution in [-0.2, 0) is 0 Å². The molecule has 0 aliphatic carbocycles. The number of hydrogen-bond acceptors (Lipinski definition) is 12. The van der Waals surface area contributed by atoms with E-state index in [0.717, 1.165) is 0 Å². The Labute approximate surface area is 208 Å². The largest absolute Gasteiger partial charge is 0.459 e. The van der Waals surface area contributed by atoms with Gasteiger partial charge in [-0.05, 0) is 24.3 Å². The predicted molar refractivity (Wildman–Crippen MR) is 135 cm³/mol. The van der Waals surface area contributed by atoms with Crippen molar-refractivity contribution in [1.29, 1.82) is 0 Å². The molecule has 0 atom stereocenters. The van der Waals surface area contributed by atoms with Crippen LogP contribution in [-0.4, -0.2) is 56.3 Å². The van der Waals surface area contributed by atoms with Crippen LogP contribution in [0.15, 0.2) is 74.9 Å². The molecule has 3 aromatic rings. The topological polar surface area (TPSA) is 138 Å². The fourth-order valence-corrected chi connectivity index (χ4v) is 2.47. The number of benzene rings is 1. The molecule has 0 saturated heterocycles. The third-order valence-corrected chi connectivity index (χ3v) is 3.91. The van der Waals surface area contributed by atoms with E-state index in [4.69, 9.17) is 18.9 Å². The first kappa shape index (κ1) is 25.6. The van der Waals surface area contributed by atoms with Crippen molar-refractivity contribution in [2.24, 2.45) is 0 Å². The molecule has 36 heavy (non-hydrogen) atoms. The second-order valence-corrected chi connectivity index (χ2v) is 6.67. The molecule has 2 aromatic heterocycles. The Bertz CT molecular complexity index is 1030. The molecule has 0 amide bonds. The molecule has 12 nitrogen and oxygen atoms in total. The maximum atomic E-state index is 5.42. The number of aromatic nitrogens is 6. The first-order chi connectivity index (χ1) is 17.6. The minimum Gasteiger partial charge on any atom is -0.459 e. The summed E-state index contributed by atoms with van der Waals surface area (Å²) >= 11 is 0. The van der Waals surface area contributed by atoms with Crippen LogP contribution in [0.25, 0.3) is 0 Å². The molecule has 0 unspecified atom stereocenters. The van der Waals surface area contributed by atoms with Crippen LogP contribution >= 0.6 is 0 Å². The summed E-state index contributed by atoms with van der Waals surface area (Å²) in [5.41, 5.74) is 1.41. The average Bonchev–Trinajstić information content (AvgIpc) is 2.89. The summed E-state index contributed by atoms with van der Waals surface area (Å²) in [6, 6.07) is 7.65. The molecule has 0 bridgehead atoms. The highest BCUT2D eigenvalue weighted by Gasteiger charge is 2.11. The monoisotopic (exact) mass is 490 g/mol. The Morgan fingerprint density at radius 2 is 0.778 bits per heavy atom. The van der Waals surface area contributed by atoms with Gasteiger partial charge in [0.05, 0.1) is 0 Å². The summed E-state index contributed by atoms with van der Waals surface area (Å²) in [5.74, 6) is 0.489. The van der Waals surface area contributed by atoms with Gasteiger partial charge in [-0.3, -0.25) is 0 Å². The van der Waals surface area contributed by atoms with Crippen LogP contribution in [0.1, 0.15) is 0 Å². The second kappa shape index (κ2) is 13.6. The van der Waals surface area contributed by atoms with E-state index < -0.39 is 0 Å². The lowest BCUT2D eigenvalue weighted by molar-refractivity contribution is 0.298. The third-order valence-electron chi connectivity index (χ3n) is 3.91. The fraction of sp³-hybridized carbons (Fsp3) is 0.167. The summed E-state index contributed by atoms with van der Waals surface area (Å²) in [4.78, 5) is 25.2. The van der Waals surface area contributed by atoms with Crippen molar-refractivity contribution in [1.82, 2.24) is 29.9 Å². The number of rotatable bonds is 16. The Hall–Kier alpha value is -5.00. The number of anilines is 4. The fourth-order valence-electron chi connectivity index (χ4n) is 2.47. The smallest absolute Gasteiger partial charge is 0.324 e. The minimum absolute atomic E-state index is 0.100. The highest BCUT2D eigenvalue weighted by molar-refractivity contribution is 5.61. The molecule has 1 aromatic carbocycles. The zero-order valence-electron chi connectivity index (χ0n) is 19.6. The number of ether oxygens (including phenoxy) is 4. The van der Waals surface area contributed by atoms with Crippen LogP contribution in [0.4, 0.5) is 23.3 Å². The Morgan fingerprint density at radius 3 is 1.03 bits per heavy atom. The molecule has 3 rings (SSSR count). The molecule has 186 valence electrons. The lowest BCUT2D eigenvalue weighted by Gasteiger charge is -2.11. The third kappa shape index (κ3) is 8.09. The average molecular weight is 491 g/mol. The van der Waals surface area contributed by atoms with Gasteiger partial charge in [-0.1, -0.05) is 50.6 Å². The lowest BCUT2D eigenvalue weighted by atomic mass is 10.3. The van der Waals surface area contributed by atoms with E-state index in [0.29, 0.717) is 11.4 Å². The molecule has 2 N–H and O–H groups in total. The summed E-state index contributed by atoms with van der Waals surface area (Å²) in [7, 11) is 0. The van der Waals surface area contributed by atoms with E-state index in [2.05, 4.69) is 66.9 Å². The second-order valence-electron chi connectivity index (χ2n) is 6.67. The Kier molecular flexibility index (Phi) is 9.71. The minimum atomic E-state index is 0.100. The molecule has 0 spiro atoms. The van der Waals surface area contributed by atoms with Gasteiger partial charge in [0.1, 0.15) is 26.4 Å². The van der Waals surface area contributed by atoms with Crippen molar-refractivity contribution in [2.75, 3.05) is 37.1 Å². The van der Waals surface area contributed by atoms with Gasteiger partial charge in [0, 0.05) is 11.4 Å². The highest BCUT2D eigenvalue weighted by atomic mass is 16.5. The van der Waals surface area contributed by atoms with Crippen molar-refractivity contribution in [2.45, 2.75) is 0 Å². The van der Waals surface area contributed by atoms with E-state index in [1.165, 1.54) is 0 Å². The van der Waals surface area contributed by atoms with Crippen molar-refractivity contribution < 1.29 is 18.9 Å². The van der Waals surface area contributed by atoms with Gasteiger partial charge < -0.3 is 29.6 Å². The summed E-state index contributed by atoms with van der Waals surface area (Å²) < 4.78 is 21.7. The van der Waals surface area contributed by atoms with Crippen LogP contribution in [0.2, 0.25) is 0 Å². The summed E-state index contributed by atoms with van der Waals surface area (Å²) in [6.45, 7) is 15.4. The number of nitrogens with one attached hydrogen (secondary N) is 2. The molecule has 0 aliphatic heterocycles.